The molecule has 37 heavy (non-hydrogen) atoms. The minimum absolute atomic E-state index is 0.222. The fourth-order valence-corrected chi connectivity index (χ4v) is 5.41. The zero-order valence-corrected chi connectivity index (χ0v) is 21.7. The second-order valence-corrected chi connectivity index (χ2v) is 11.1. The van der Waals surface area contributed by atoms with Gasteiger partial charge in [0.15, 0.2) is 5.76 Å². The predicted octanol–water partition coefficient (Wildman–Crippen LogP) is 5.31. The van der Waals surface area contributed by atoms with E-state index in [1.807, 2.05) is 18.2 Å². The number of benzene rings is 2. The summed E-state index contributed by atoms with van der Waals surface area (Å²) in [5.74, 6) is 3.12. The Balaban J connectivity index is 1.37. The molecule has 10 heteroatoms. The van der Waals surface area contributed by atoms with Gasteiger partial charge in [-0.1, -0.05) is 18.2 Å². The number of anilines is 2. The number of furan rings is 1. The third-order valence-corrected chi connectivity index (χ3v) is 8.10. The number of aromatic nitrogens is 3. The number of nitrogens with one attached hydrogen (secondary N) is 2. The van der Waals surface area contributed by atoms with Crippen LogP contribution in [0.2, 0.25) is 0 Å². The summed E-state index contributed by atoms with van der Waals surface area (Å²) in [6, 6.07) is 20.7. The average Bonchev–Trinajstić information content (AvgIpc) is 3.41. The molecule has 0 spiro atoms. The molecule has 0 radical (unpaired) electrons. The third-order valence-electron chi connectivity index (χ3n) is 5.70. The van der Waals surface area contributed by atoms with Gasteiger partial charge in [-0.25, -0.2) is 18.4 Å². The molecule has 3 heterocycles. The number of rotatable bonds is 10. The second kappa shape index (κ2) is 11.1. The van der Waals surface area contributed by atoms with Crippen molar-refractivity contribution in [3.8, 4) is 11.5 Å². The Morgan fingerprint density at radius 3 is 2.49 bits per heavy atom. The van der Waals surface area contributed by atoms with Crippen molar-refractivity contribution in [2.45, 2.75) is 16.3 Å². The van der Waals surface area contributed by atoms with Gasteiger partial charge in [-0.05, 0) is 60.9 Å². The molecular formula is C27H25N5O3S2. The first kappa shape index (κ1) is 24.9. The van der Waals surface area contributed by atoms with Gasteiger partial charge in [-0.2, -0.15) is 11.8 Å². The maximum Gasteiger partial charge on any atom is 0.206 e. The molecule has 3 aromatic heterocycles. The van der Waals surface area contributed by atoms with E-state index in [1.165, 1.54) is 6.33 Å². The topological polar surface area (TPSA) is 110 Å². The van der Waals surface area contributed by atoms with Crippen LogP contribution in [0.15, 0.2) is 99.5 Å². The molecule has 0 unspecified atom stereocenters. The van der Waals surface area contributed by atoms with Crippen molar-refractivity contribution < 1.29 is 12.8 Å². The molecule has 0 amide bonds. The minimum Gasteiger partial charge on any atom is -0.458 e. The molecule has 0 aliphatic heterocycles. The van der Waals surface area contributed by atoms with Gasteiger partial charge in [0.05, 0.1) is 28.0 Å². The summed E-state index contributed by atoms with van der Waals surface area (Å²) in [6.45, 7) is 1.57. The van der Waals surface area contributed by atoms with Crippen molar-refractivity contribution in [2.75, 3.05) is 23.9 Å². The lowest BCUT2D eigenvalue weighted by Crippen LogP contribution is -2.15. The Labute approximate surface area is 219 Å². The smallest absolute Gasteiger partial charge is 0.206 e. The van der Waals surface area contributed by atoms with E-state index in [0.717, 1.165) is 23.4 Å². The quantitative estimate of drug-likeness (QED) is 0.232. The highest BCUT2D eigenvalue weighted by molar-refractivity contribution is 7.98. The standard InChI is InChI=1S/C27H25N5O3S2/c1-36-14-13-28-16-20-9-12-26(35-20)24-15-23-25(17-29-24)30-18-31-27(23)32-19-7-10-22(11-8-19)37(33,34)21-5-3-2-4-6-21/h2-12,15,17-18,28H,13-14,16H2,1H3,(H,30,31,32). The molecule has 0 aliphatic carbocycles. The summed E-state index contributed by atoms with van der Waals surface area (Å²) in [5.41, 5.74) is 2.04. The van der Waals surface area contributed by atoms with Crippen LogP contribution in [0.4, 0.5) is 11.5 Å². The molecule has 0 bridgehead atoms. The monoisotopic (exact) mass is 531 g/mol. The Bertz CT molecular complexity index is 1600. The van der Waals surface area contributed by atoms with E-state index in [2.05, 4.69) is 31.8 Å². The van der Waals surface area contributed by atoms with Gasteiger partial charge in [-0.3, -0.25) is 4.98 Å². The summed E-state index contributed by atoms with van der Waals surface area (Å²) in [5, 5.41) is 7.39. The van der Waals surface area contributed by atoms with Crippen LogP contribution in [0, 0.1) is 0 Å². The molecule has 2 aromatic carbocycles. The van der Waals surface area contributed by atoms with Gasteiger partial charge < -0.3 is 15.1 Å². The largest absolute Gasteiger partial charge is 0.458 e. The number of sulfone groups is 1. The summed E-state index contributed by atoms with van der Waals surface area (Å²) in [7, 11) is -3.58. The Hall–Kier alpha value is -3.73. The maximum absolute atomic E-state index is 12.9. The Morgan fingerprint density at radius 2 is 1.70 bits per heavy atom. The fourth-order valence-electron chi connectivity index (χ4n) is 3.78. The van der Waals surface area contributed by atoms with Gasteiger partial charge in [-0.15, -0.1) is 0 Å². The molecule has 0 atom stereocenters. The number of hydrogen-bond acceptors (Lipinski definition) is 9. The van der Waals surface area contributed by atoms with Gasteiger partial charge in [0.1, 0.15) is 23.6 Å². The second-order valence-electron chi connectivity index (χ2n) is 8.21. The molecule has 5 rings (SSSR count). The molecule has 0 saturated heterocycles. The highest BCUT2D eigenvalue weighted by Crippen LogP contribution is 2.29. The molecular weight excluding hydrogens is 506 g/mol. The van der Waals surface area contributed by atoms with Gasteiger partial charge >= 0.3 is 0 Å². The molecule has 0 aliphatic rings. The summed E-state index contributed by atoms with van der Waals surface area (Å²) >= 11 is 1.79. The lowest BCUT2D eigenvalue weighted by molar-refractivity contribution is 0.498. The van der Waals surface area contributed by atoms with Crippen molar-refractivity contribution >= 4 is 44.0 Å². The lowest BCUT2D eigenvalue weighted by atomic mass is 10.2. The van der Waals surface area contributed by atoms with Crippen LogP contribution in [0.25, 0.3) is 22.4 Å². The van der Waals surface area contributed by atoms with E-state index in [-0.39, 0.29) is 9.79 Å². The van der Waals surface area contributed by atoms with Crippen molar-refractivity contribution in [3.05, 3.63) is 91.1 Å². The first-order valence-electron chi connectivity index (χ1n) is 11.6. The van der Waals surface area contributed by atoms with Gasteiger partial charge in [0, 0.05) is 23.4 Å². The summed E-state index contributed by atoms with van der Waals surface area (Å²) in [4.78, 5) is 13.7. The SMILES string of the molecule is CSCCNCc1ccc(-c2cc3c(Nc4ccc(S(=O)(=O)c5ccccc5)cc4)ncnc3cn2)o1. The molecule has 0 saturated carbocycles. The minimum atomic E-state index is -3.58. The van der Waals surface area contributed by atoms with Crippen LogP contribution in [0.3, 0.4) is 0 Å². The first-order valence-corrected chi connectivity index (χ1v) is 14.5. The maximum atomic E-state index is 12.9. The molecule has 188 valence electrons. The zero-order chi connectivity index (χ0) is 25.7. The van der Waals surface area contributed by atoms with E-state index in [1.54, 1.807) is 72.6 Å². The summed E-state index contributed by atoms with van der Waals surface area (Å²) in [6.07, 6.45) is 5.23. The summed E-state index contributed by atoms with van der Waals surface area (Å²) < 4.78 is 31.7. The van der Waals surface area contributed by atoms with Crippen molar-refractivity contribution in [1.82, 2.24) is 20.3 Å². The highest BCUT2D eigenvalue weighted by Gasteiger charge is 2.17. The van der Waals surface area contributed by atoms with Crippen LogP contribution in [-0.4, -0.2) is 41.9 Å². The number of nitrogens with zero attached hydrogens (tertiary/aromatic N) is 3. The van der Waals surface area contributed by atoms with Crippen molar-refractivity contribution in [2.24, 2.45) is 0 Å². The van der Waals surface area contributed by atoms with Crippen LogP contribution in [-0.2, 0) is 16.4 Å². The van der Waals surface area contributed by atoms with Crippen LogP contribution in [0.1, 0.15) is 5.76 Å². The average molecular weight is 532 g/mol. The molecule has 2 N–H and O–H groups in total. The fraction of sp³-hybridized carbons (Fsp3) is 0.148. The molecule has 5 aromatic rings. The highest BCUT2D eigenvalue weighted by atomic mass is 32.2. The number of fused-ring (bicyclic) bond motifs is 1. The number of hydrogen-bond donors (Lipinski definition) is 2. The lowest BCUT2D eigenvalue weighted by Gasteiger charge is -2.10. The Kier molecular flexibility index (Phi) is 7.50. The molecule has 8 nitrogen and oxygen atoms in total. The first-order chi connectivity index (χ1) is 18.0. The van der Waals surface area contributed by atoms with Crippen molar-refractivity contribution in [1.29, 1.82) is 0 Å². The number of pyridine rings is 1. The zero-order valence-electron chi connectivity index (χ0n) is 20.1. The van der Waals surface area contributed by atoms with Gasteiger partial charge in [0.25, 0.3) is 0 Å². The van der Waals surface area contributed by atoms with E-state index >= 15 is 0 Å². The van der Waals surface area contributed by atoms with E-state index < -0.39 is 9.84 Å². The van der Waals surface area contributed by atoms with Crippen molar-refractivity contribution in [3.63, 3.8) is 0 Å². The van der Waals surface area contributed by atoms with Gasteiger partial charge in [0.2, 0.25) is 9.84 Å². The van der Waals surface area contributed by atoms with Crippen LogP contribution < -0.4 is 10.6 Å². The third kappa shape index (κ3) is 5.66. The van der Waals surface area contributed by atoms with Crippen LogP contribution >= 0.6 is 11.8 Å². The molecule has 0 fully saturated rings. The predicted molar refractivity (Wildman–Crippen MR) is 147 cm³/mol. The van der Waals surface area contributed by atoms with E-state index in [0.29, 0.717) is 35.0 Å². The number of thioether (sulfide) groups is 1. The van der Waals surface area contributed by atoms with E-state index in [9.17, 15) is 8.42 Å². The van der Waals surface area contributed by atoms with Crippen LogP contribution in [0.5, 0.6) is 0 Å². The normalized spacial score (nSPS) is 11.6. The van der Waals surface area contributed by atoms with E-state index in [4.69, 9.17) is 4.42 Å². The Morgan fingerprint density at radius 1 is 0.919 bits per heavy atom.